The monoisotopic (exact) mass is 393 g/mol. The Morgan fingerprint density at radius 3 is 2.57 bits per heavy atom. The molecule has 2 aromatic heterocycles. The number of rotatable bonds is 2. The Morgan fingerprint density at radius 2 is 1.89 bits per heavy atom. The number of fused-ring (bicyclic) bond motifs is 2. The van der Waals surface area contributed by atoms with E-state index in [2.05, 4.69) is 9.97 Å². The molecule has 0 bridgehead atoms. The Labute approximate surface area is 158 Å². The Balaban J connectivity index is 1.67. The van der Waals surface area contributed by atoms with Gasteiger partial charge in [0.1, 0.15) is 17.6 Å². The Hall–Kier alpha value is -2.91. The molecule has 1 atom stereocenters. The zero-order chi connectivity index (χ0) is 20.2. The maximum atomic E-state index is 12.9. The summed E-state index contributed by atoms with van der Waals surface area (Å²) in [4.78, 5) is 37.8. The van der Waals surface area contributed by atoms with Gasteiger partial charge in [0.2, 0.25) is 0 Å². The molecule has 148 valence electrons. The minimum Gasteiger partial charge on any atom is -0.352 e. The predicted molar refractivity (Wildman–Crippen MR) is 94.6 cm³/mol. The second-order valence-corrected chi connectivity index (χ2v) is 7.14. The molecule has 4 rings (SSSR count). The fourth-order valence-electron chi connectivity index (χ4n) is 3.73. The highest BCUT2D eigenvalue weighted by Crippen LogP contribution is 2.32. The van der Waals surface area contributed by atoms with Crippen molar-refractivity contribution in [2.24, 2.45) is 0 Å². The van der Waals surface area contributed by atoms with Crippen LogP contribution in [0.2, 0.25) is 0 Å². The molecule has 0 N–H and O–H groups in total. The zero-order valence-corrected chi connectivity index (χ0v) is 15.3. The number of amides is 3. The number of urea groups is 1. The normalized spacial score (nSPS) is 20.5. The van der Waals surface area contributed by atoms with E-state index >= 15 is 0 Å². The number of aromatic nitrogens is 2. The lowest BCUT2D eigenvalue weighted by molar-refractivity contribution is -0.141. The van der Waals surface area contributed by atoms with Gasteiger partial charge in [0.05, 0.1) is 5.52 Å². The van der Waals surface area contributed by atoms with Crippen molar-refractivity contribution in [1.82, 2.24) is 19.8 Å². The third kappa shape index (κ3) is 2.83. The third-order valence-electron chi connectivity index (χ3n) is 5.06. The highest BCUT2D eigenvalue weighted by atomic mass is 19.4. The van der Waals surface area contributed by atoms with Crippen molar-refractivity contribution in [1.29, 1.82) is 0 Å². The predicted octanol–water partition coefficient (Wildman–Crippen LogP) is 2.51. The molecule has 0 aromatic carbocycles. The summed E-state index contributed by atoms with van der Waals surface area (Å²) in [7, 11) is 0. The lowest BCUT2D eigenvalue weighted by Crippen LogP contribution is -2.53. The molecule has 28 heavy (non-hydrogen) atoms. The molecule has 2 aliphatic heterocycles. The summed E-state index contributed by atoms with van der Waals surface area (Å²) in [6.45, 7) is 4.56. The van der Waals surface area contributed by atoms with E-state index in [-0.39, 0.29) is 30.0 Å². The van der Waals surface area contributed by atoms with Gasteiger partial charge in [0.25, 0.3) is 5.91 Å². The molecule has 0 aliphatic carbocycles. The molecule has 2 saturated heterocycles. The van der Waals surface area contributed by atoms with Crippen molar-refractivity contribution in [2.45, 2.75) is 32.1 Å². The van der Waals surface area contributed by atoms with Gasteiger partial charge in [-0.2, -0.15) is 13.2 Å². The van der Waals surface area contributed by atoms with Crippen molar-refractivity contribution in [3.63, 3.8) is 0 Å². The first kappa shape index (κ1) is 18.5. The van der Waals surface area contributed by atoms with Crippen molar-refractivity contribution >= 4 is 28.7 Å². The van der Waals surface area contributed by atoms with Gasteiger partial charge < -0.3 is 9.80 Å². The summed E-state index contributed by atoms with van der Waals surface area (Å²) in [5.74, 6) is 0.198. The molecular weight excluding hydrogens is 375 g/mol. The fourth-order valence-corrected chi connectivity index (χ4v) is 3.73. The largest absolute Gasteiger partial charge is 0.433 e. The highest BCUT2D eigenvalue weighted by Gasteiger charge is 2.48. The van der Waals surface area contributed by atoms with Gasteiger partial charge in [0, 0.05) is 37.3 Å². The summed E-state index contributed by atoms with van der Waals surface area (Å²) in [5, 5.41) is 0.474. The number of carbonyl (C=O) groups is 2. The van der Waals surface area contributed by atoms with Crippen LogP contribution in [0.1, 0.15) is 19.5 Å². The van der Waals surface area contributed by atoms with Crippen LogP contribution in [0.5, 0.6) is 0 Å². The van der Waals surface area contributed by atoms with Crippen LogP contribution in [0.3, 0.4) is 0 Å². The van der Waals surface area contributed by atoms with Gasteiger partial charge in [-0.1, -0.05) is 0 Å². The minimum absolute atomic E-state index is 0.180. The molecule has 7 nitrogen and oxygen atoms in total. The number of halogens is 3. The summed E-state index contributed by atoms with van der Waals surface area (Å²) >= 11 is 0. The number of anilines is 1. The lowest BCUT2D eigenvalue weighted by atomic mass is 10.1. The van der Waals surface area contributed by atoms with E-state index in [0.717, 1.165) is 6.07 Å². The van der Waals surface area contributed by atoms with E-state index in [1.54, 1.807) is 18.7 Å². The quantitative estimate of drug-likeness (QED) is 0.734. The summed E-state index contributed by atoms with van der Waals surface area (Å²) in [5.41, 5.74) is -0.786. The Kier molecular flexibility index (Phi) is 4.16. The Bertz CT molecular complexity index is 962. The van der Waals surface area contributed by atoms with Gasteiger partial charge in [-0.25, -0.2) is 14.8 Å². The van der Waals surface area contributed by atoms with Crippen LogP contribution in [0, 0.1) is 0 Å². The molecule has 1 unspecified atom stereocenters. The number of pyridine rings is 2. The third-order valence-corrected chi connectivity index (χ3v) is 5.06. The molecule has 3 amide bonds. The van der Waals surface area contributed by atoms with Crippen LogP contribution in [-0.4, -0.2) is 63.4 Å². The maximum absolute atomic E-state index is 12.9. The first-order valence-corrected chi connectivity index (χ1v) is 8.90. The van der Waals surface area contributed by atoms with E-state index < -0.39 is 17.9 Å². The van der Waals surface area contributed by atoms with Crippen LogP contribution in [0.25, 0.3) is 10.9 Å². The standard InChI is InChI=1S/C18H18F3N5O2/c1-10(2)26-16(27)13-9-24(7-8-25(13)17(26)28)15-11-3-4-14(18(19,20)21)23-12(11)5-6-22-15/h3-6,10,13H,7-9H2,1-2H3. The molecule has 0 radical (unpaired) electrons. The topological polar surface area (TPSA) is 69.6 Å². The van der Waals surface area contributed by atoms with Crippen LogP contribution in [0.4, 0.5) is 23.8 Å². The second-order valence-electron chi connectivity index (χ2n) is 7.14. The van der Waals surface area contributed by atoms with E-state index in [1.165, 1.54) is 23.2 Å². The van der Waals surface area contributed by atoms with Gasteiger partial charge >= 0.3 is 12.2 Å². The summed E-state index contributed by atoms with van der Waals surface area (Å²) < 4.78 is 38.8. The number of piperazine rings is 1. The Morgan fingerprint density at radius 1 is 1.14 bits per heavy atom. The van der Waals surface area contributed by atoms with Crippen molar-refractivity contribution in [2.75, 3.05) is 24.5 Å². The number of alkyl halides is 3. The van der Waals surface area contributed by atoms with Crippen molar-refractivity contribution in [3.8, 4) is 0 Å². The van der Waals surface area contributed by atoms with E-state index in [9.17, 15) is 22.8 Å². The molecule has 10 heteroatoms. The molecule has 0 spiro atoms. The number of imide groups is 1. The van der Waals surface area contributed by atoms with Crippen LogP contribution < -0.4 is 4.90 Å². The number of hydrogen-bond donors (Lipinski definition) is 0. The number of hydrogen-bond acceptors (Lipinski definition) is 5. The highest BCUT2D eigenvalue weighted by molar-refractivity contribution is 6.05. The van der Waals surface area contributed by atoms with E-state index in [0.29, 0.717) is 24.3 Å². The average molecular weight is 393 g/mol. The van der Waals surface area contributed by atoms with Crippen molar-refractivity contribution in [3.05, 3.63) is 30.1 Å². The van der Waals surface area contributed by atoms with Crippen LogP contribution in [0.15, 0.2) is 24.4 Å². The van der Waals surface area contributed by atoms with Crippen molar-refractivity contribution < 1.29 is 22.8 Å². The first-order valence-electron chi connectivity index (χ1n) is 8.90. The fraction of sp³-hybridized carbons (Fsp3) is 0.444. The summed E-state index contributed by atoms with van der Waals surface area (Å²) in [6.07, 6.45) is -3.13. The second kappa shape index (κ2) is 6.32. The van der Waals surface area contributed by atoms with E-state index in [1.807, 2.05) is 4.90 Å². The van der Waals surface area contributed by atoms with Crippen LogP contribution >= 0.6 is 0 Å². The van der Waals surface area contributed by atoms with Gasteiger partial charge in [-0.3, -0.25) is 9.69 Å². The average Bonchev–Trinajstić information content (AvgIpc) is 2.90. The zero-order valence-electron chi connectivity index (χ0n) is 15.3. The van der Waals surface area contributed by atoms with Crippen LogP contribution in [-0.2, 0) is 11.0 Å². The SMILES string of the molecule is CC(C)N1C(=O)C2CN(c3nccc4nc(C(F)(F)F)ccc34)CCN2C1=O. The molecule has 4 heterocycles. The van der Waals surface area contributed by atoms with Gasteiger partial charge in [-0.05, 0) is 32.0 Å². The minimum atomic E-state index is -4.53. The van der Waals surface area contributed by atoms with Gasteiger partial charge in [0.15, 0.2) is 0 Å². The smallest absolute Gasteiger partial charge is 0.352 e. The molecule has 0 saturated carbocycles. The van der Waals surface area contributed by atoms with E-state index in [4.69, 9.17) is 0 Å². The summed E-state index contributed by atoms with van der Waals surface area (Å²) in [6, 6.07) is 2.54. The maximum Gasteiger partial charge on any atom is 0.433 e. The molecule has 2 fully saturated rings. The molecular formula is C18H18F3N5O2. The van der Waals surface area contributed by atoms with Gasteiger partial charge in [-0.15, -0.1) is 0 Å². The number of carbonyl (C=O) groups excluding carboxylic acids is 2. The lowest BCUT2D eigenvalue weighted by Gasteiger charge is -2.36. The molecule has 2 aromatic rings. The first-order chi connectivity index (χ1) is 13.2. The number of nitrogens with zero attached hydrogens (tertiary/aromatic N) is 5. The molecule has 2 aliphatic rings.